The Morgan fingerprint density at radius 2 is 1.62 bits per heavy atom. The molecule has 0 spiro atoms. The highest BCUT2D eigenvalue weighted by Gasteiger charge is 2.31. The summed E-state index contributed by atoms with van der Waals surface area (Å²) in [7, 11) is 0. The highest BCUT2D eigenvalue weighted by Crippen LogP contribution is 2.37. The number of nitriles is 1. The summed E-state index contributed by atoms with van der Waals surface area (Å²) in [4.78, 5) is 78.6. The summed E-state index contributed by atoms with van der Waals surface area (Å²) in [6.07, 6.45) is 7.01. The topological polar surface area (TPSA) is 297 Å². The number of piperidine rings is 1. The van der Waals surface area contributed by atoms with Gasteiger partial charge in [0.15, 0.2) is 11.9 Å². The maximum atomic E-state index is 15.7. The first-order valence-corrected chi connectivity index (χ1v) is 29.5. The van der Waals surface area contributed by atoms with E-state index in [-0.39, 0.29) is 121 Å². The van der Waals surface area contributed by atoms with Gasteiger partial charge in [0.25, 0.3) is 5.91 Å². The molecular weight excluding hydrogens is 1190 g/mol. The van der Waals surface area contributed by atoms with Crippen LogP contribution in [0.2, 0.25) is 5.02 Å². The molecule has 2 fully saturated rings. The molecule has 0 aliphatic carbocycles. The minimum absolute atomic E-state index is 0.0279. The molecule has 2 aromatic carbocycles. The molecule has 0 radical (unpaired) electrons. The lowest BCUT2D eigenvalue weighted by Gasteiger charge is -2.39. The summed E-state index contributed by atoms with van der Waals surface area (Å²) in [6.45, 7) is 13.8. The Morgan fingerprint density at radius 1 is 0.878 bits per heavy atom. The molecule has 7 aromatic rings. The number of piperazine rings is 1. The Labute approximate surface area is 522 Å². The standard InChI is InChI=1S/C62H69ClF2N14O11/c1-37-31-77(61-68-29-42(30-69-61)56-49(65)26-50-57(73-56)58(55(63)39(3)70-50)71-38(2)47-24-40(27-66)10-12-48(47)64)18-19-79(37)53(80)33-78-32-43(74-75-78)34-86-22-20-85-21-23-87-36-54(81)76-16-14-44(15-17-76)89-45-8-7-9-46(25-45)90-52-13-11-41(28-67-52)59(82)72-51(60(83)84)35-88-62(4,5)6/h7-13,24-26,28-30,32,37-38,44,51H,14-23,31,33-36H2,1-6H3,(H,70,71)(H,72,82)(H,83,84)/t37-,38-,51+/m1/s1. The number of rotatable bonds is 26. The number of carbonyl (C=O) groups is 4. The van der Waals surface area contributed by atoms with Crippen LogP contribution in [0.4, 0.5) is 20.4 Å². The number of benzene rings is 2. The normalized spacial score (nSPS) is 15.3. The number of hydrogen-bond donors (Lipinski definition) is 3. The molecule has 90 heavy (non-hydrogen) atoms. The first kappa shape index (κ1) is 65.4. The minimum atomic E-state index is -1.24. The SMILES string of the molecule is Cc1nc2cc(F)c(-c3cnc(N4CCN(C(=O)Cn5cc(COCCOCCOCC(=O)N6CCC(Oc7cccc(Oc8ccc(C(=O)N[C@@H](COC(C)(C)C)C(=O)O)cn8)c7)CC6)nn5)[C@H](C)C4)nc3)nc2c(N[C@H](C)c2cc(C#N)ccc2F)c1Cl. The smallest absolute Gasteiger partial charge is 0.328 e. The van der Waals surface area contributed by atoms with Crippen molar-refractivity contribution < 1.29 is 61.5 Å². The molecule has 2 aliphatic rings. The van der Waals surface area contributed by atoms with E-state index in [0.29, 0.717) is 85.7 Å². The fourth-order valence-electron chi connectivity index (χ4n) is 9.90. The van der Waals surface area contributed by atoms with E-state index in [9.17, 15) is 33.9 Å². The second kappa shape index (κ2) is 30.0. The van der Waals surface area contributed by atoms with E-state index in [1.165, 1.54) is 59.7 Å². The van der Waals surface area contributed by atoms with Crippen LogP contribution in [0.5, 0.6) is 17.4 Å². The number of aliphatic carboxylic acids is 1. The Balaban J connectivity index is 0.631. The minimum Gasteiger partial charge on any atom is -0.490 e. The molecule has 28 heteroatoms. The number of nitrogens with zero attached hydrogens (tertiary/aromatic N) is 12. The molecule has 9 rings (SSSR count). The summed E-state index contributed by atoms with van der Waals surface area (Å²) in [5.41, 5.74) is 2.09. The van der Waals surface area contributed by atoms with Crippen LogP contribution >= 0.6 is 11.6 Å². The van der Waals surface area contributed by atoms with Crippen LogP contribution in [0.1, 0.15) is 86.4 Å². The van der Waals surface area contributed by atoms with E-state index >= 15 is 4.39 Å². The number of pyridine rings is 3. The van der Waals surface area contributed by atoms with Gasteiger partial charge in [0, 0.05) is 99.5 Å². The van der Waals surface area contributed by atoms with Crippen LogP contribution in [0.3, 0.4) is 0 Å². The van der Waals surface area contributed by atoms with Gasteiger partial charge < -0.3 is 58.9 Å². The number of carboxylic acids is 1. The van der Waals surface area contributed by atoms with Gasteiger partial charge in [-0.15, -0.1) is 5.10 Å². The first-order chi connectivity index (χ1) is 43.2. The molecule has 0 bridgehead atoms. The van der Waals surface area contributed by atoms with Crippen molar-refractivity contribution in [3.05, 3.63) is 130 Å². The molecule has 0 saturated carbocycles. The number of halogens is 3. The molecule has 3 amide bonds. The summed E-state index contributed by atoms with van der Waals surface area (Å²) in [6, 6.07) is 15.3. The van der Waals surface area contributed by atoms with Crippen LogP contribution in [-0.2, 0) is 46.5 Å². The molecule has 474 valence electrons. The highest BCUT2D eigenvalue weighted by atomic mass is 35.5. The van der Waals surface area contributed by atoms with E-state index in [4.69, 9.17) is 40.0 Å². The largest absolute Gasteiger partial charge is 0.490 e. The van der Waals surface area contributed by atoms with Gasteiger partial charge in [0.1, 0.15) is 53.5 Å². The average Bonchev–Trinajstić information content (AvgIpc) is 0.923. The molecule has 7 heterocycles. The van der Waals surface area contributed by atoms with Crippen molar-refractivity contribution in [1.82, 2.24) is 55.0 Å². The van der Waals surface area contributed by atoms with Crippen molar-refractivity contribution >= 4 is 58.0 Å². The number of aryl methyl sites for hydroxylation is 1. The van der Waals surface area contributed by atoms with Crippen molar-refractivity contribution in [3.63, 3.8) is 0 Å². The number of anilines is 2. The quantitative estimate of drug-likeness (QED) is 0.0442. The Kier molecular flexibility index (Phi) is 21.8. The number of likely N-dealkylation sites (tertiary alicyclic amines) is 1. The second-order valence-electron chi connectivity index (χ2n) is 22.5. The Bertz CT molecular complexity index is 3710. The van der Waals surface area contributed by atoms with Crippen LogP contribution in [0, 0.1) is 29.9 Å². The van der Waals surface area contributed by atoms with Gasteiger partial charge in [0.05, 0.1) is 96.6 Å². The van der Waals surface area contributed by atoms with Crippen LogP contribution in [-0.4, -0.2) is 175 Å². The van der Waals surface area contributed by atoms with E-state index in [1.54, 1.807) is 68.8 Å². The second-order valence-corrected chi connectivity index (χ2v) is 22.9. The van der Waals surface area contributed by atoms with Crippen molar-refractivity contribution in [1.29, 1.82) is 5.26 Å². The third kappa shape index (κ3) is 17.4. The summed E-state index contributed by atoms with van der Waals surface area (Å²) < 4.78 is 66.7. The van der Waals surface area contributed by atoms with Crippen molar-refractivity contribution in [2.45, 2.75) is 97.4 Å². The lowest BCUT2D eigenvalue weighted by Crippen LogP contribution is -2.55. The van der Waals surface area contributed by atoms with Gasteiger partial charge in [-0.3, -0.25) is 14.4 Å². The number of aromatic nitrogens is 8. The van der Waals surface area contributed by atoms with Gasteiger partial charge >= 0.3 is 5.97 Å². The highest BCUT2D eigenvalue weighted by molar-refractivity contribution is 6.35. The van der Waals surface area contributed by atoms with E-state index in [1.807, 2.05) is 24.0 Å². The fourth-order valence-corrected chi connectivity index (χ4v) is 10.1. The summed E-state index contributed by atoms with van der Waals surface area (Å²) >= 11 is 6.73. The molecule has 25 nitrogen and oxygen atoms in total. The number of carbonyl (C=O) groups excluding carboxylic acids is 3. The van der Waals surface area contributed by atoms with Crippen molar-refractivity contribution in [2.75, 3.05) is 82.6 Å². The lowest BCUT2D eigenvalue weighted by molar-refractivity contribution is -0.142. The van der Waals surface area contributed by atoms with E-state index < -0.39 is 41.2 Å². The number of nitrogens with one attached hydrogen (secondary N) is 2. The maximum Gasteiger partial charge on any atom is 0.328 e. The number of carboxylic acid groups (broad SMARTS) is 1. The third-order valence-electron chi connectivity index (χ3n) is 14.6. The zero-order valence-electron chi connectivity index (χ0n) is 50.5. The molecule has 3 atom stereocenters. The van der Waals surface area contributed by atoms with Gasteiger partial charge in [-0.25, -0.2) is 43.2 Å². The maximum absolute atomic E-state index is 15.7. The number of amides is 3. The van der Waals surface area contributed by atoms with Gasteiger partial charge in [0.2, 0.25) is 23.6 Å². The summed E-state index contributed by atoms with van der Waals surface area (Å²) in [5.74, 6) is -1.64. The zero-order chi connectivity index (χ0) is 64.1. The summed E-state index contributed by atoms with van der Waals surface area (Å²) in [5, 5.41) is 33.1. The first-order valence-electron chi connectivity index (χ1n) is 29.2. The Hall–Kier alpha value is -9.07. The van der Waals surface area contributed by atoms with Crippen LogP contribution in [0.15, 0.2) is 85.5 Å². The zero-order valence-corrected chi connectivity index (χ0v) is 51.3. The number of ether oxygens (including phenoxy) is 6. The van der Waals surface area contributed by atoms with Gasteiger partial charge in [-0.2, -0.15) is 5.26 Å². The number of fused-ring (bicyclic) bond motifs is 1. The monoisotopic (exact) mass is 1260 g/mol. The number of hydrogen-bond acceptors (Lipinski definition) is 20. The van der Waals surface area contributed by atoms with Crippen molar-refractivity contribution in [3.8, 4) is 34.7 Å². The van der Waals surface area contributed by atoms with Gasteiger partial charge in [-0.1, -0.05) is 22.9 Å². The Morgan fingerprint density at radius 3 is 2.33 bits per heavy atom. The van der Waals surface area contributed by atoms with Gasteiger partial charge in [-0.05, 0) is 77.9 Å². The fraction of sp³-hybridized carbons (Fsp3) is 0.419. The molecule has 0 unspecified atom stereocenters. The van der Waals surface area contributed by atoms with E-state index in [0.717, 1.165) is 0 Å². The molecule has 2 saturated heterocycles. The lowest BCUT2D eigenvalue weighted by atomic mass is 10.0. The molecule has 3 N–H and O–H groups in total. The average molecular weight is 1260 g/mol. The third-order valence-corrected chi connectivity index (χ3v) is 15.1. The predicted octanol–water partition coefficient (Wildman–Crippen LogP) is 7.51. The molecular formula is C62H69ClF2N14O11. The van der Waals surface area contributed by atoms with Crippen LogP contribution in [0.25, 0.3) is 22.3 Å². The molecule has 2 aliphatic heterocycles. The molecule has 5 aromatic heterocycles. The van der Waals surface area contributed by atoms with Crippen molar-refractivity contribution in [2.24, 2.45) is 0 Å². The van der Waals surface area contributed by atoms with E-state index in [2.05, 4.69) is 45.9 Å². The van der Waals surface area contributed by atoms with Crippen LogP contribution < -0.4 is 25.0 Å². The predicted molar refractivity (Wildman–Crippen MR) is 324 cm³/mol.